The van der Waals surface area contributed by atoms with Gasteiger partial charge in [0.1, 0.15) is 5.82 Å². The Balaban J connectivity index is 1.93. The number of anilines is 2. The molecule has 0 radical (unpaired) electrons. The summed E-state index contributed by atoms with van der Waals surface area (Å²) in [6.07, 6.45) is 5.60. The van der Waals surface area contributed by atoms with E-state index in [-0.39, 0.29) is 0 Å². The highest BCUT2D eigenvalue weighted by atomic mass is 15.1. The number of aromatic nitrogens is 1. The molecule has 1 unspecified atom stereocenters. The number of hydrogen-bond donors (Lipinski definition) is 2. The molecule has 0 amide bonds. The smallest absolute Gasteiger partial charge is 0.128 e. The molecule has 1 aromatic rings. The van der Waals surface area contributed by atoms with Gasteiger partial charge in [-0.05, 0) is 44.5 Å². The van der Waals surface area contributed by atoms with Gasteiger partial charge in [-0.15, -0.1) is 0 Å². The Kier molecular flexibility index (Phi) is 4.20. The summed E-state index contributed by atoms with van der Waals surface area (Å²) in [5.41, 5.74) is 1.13. The monoisotopic (exact) mass is 234 g/mol. The lowest BCUT2D eigenvalue weighted by Crippen LogP contribution is -2.21. The van der Waals surface area contributed by atoms with Gasteiger partial charge in [-0.25, -0.2) is 4.98 Å². The predicted octanol–water partition coefficient (Wildman–Crippen LogP) is 1.70. The van der Waals surface area contributed by atoms with Crippen LogP contribution in [0.25, 0.3) is 0 Å². The minimum Gasteiger partial charge on any atom is -0.381 e. The van der Waals surface area contributed by atoms with Crippen LogP contribution in [-0.4, -0.2) is 38.2 Å². The molecule has 1 aliphatic rings. The first-order valence-corrected chi connectivity index (χ1v) is 6.36. The lowest BCUT2D eigenvalue weighted by atomic mass is 10.1. The maximum Gasteiger partial charge on any atom is 0.128 e. The molecule has 94 valence electrons. The molecular weight excluding hydrogens is 212 g/mol. The molecule has 1 saturated heterocycles. The van der Waals surface area contributed by atoms with Crippen LogP contribution < -0.4 is 15.5 Å². The molecule has 1 fully saturated rings. The highest BCUT2D eigenvalue weighted by Gasteiger charge is 2.11. The molecule has 2 heterocycles. The third-order valence-electron chi connectivity index (χ3n) is 3.15. The van der Waals surface area contributed by atoms with E-state index in [1.54, 1.807) is 0 Å². The van der Waals surface area contributed by atoms with Gasteiger partial charge in [0.2, 0.25) is 0 Å². The van der Waals surface area contributed by atoms with Crippen molar-refractivity contribution in [2.45, 2.75) is 25.3 Å². The first kappa shape index (κ1) is 12.2. The van der Waals surface area contributed by atoms with Gasteiger partial charge in [-0.3, -0.25) is 0 Å². The molecule has 1 aromatic heterocycles. The Hall–Kier alpha value is -1.29. The number of hydrogen-bond acceptors (Lipinski definition) is 4. The van der Waals surface area contributed by atoms with Crippen molar-refractivity contribution in [3.63, 3.8) is 0 Å². The summed E-state index contributed by atoms with van der Waals surface area (Å²) < 4.78 is 0. The predicted molar refractivity (Wildman–Crippen MR) is 72.7 cm³/mol. The molecule has 0 bridgehead atoms. The Morgan fingerprint density at radius 3 is 2.88 bits per heavy atom. The van der Waals surface area contributed by atoms with Crippen LogP contribution in [0, 0.1) is 0 Å². The van der Waals surface area contributed by atoms with E-state index in [1.807, 2.05) is 25.2 Å². The van der Waals surface area contributed by atoms with E-state index < -0.39 is 0 Å². The minimum absolute atomic E-state index is 0.581. The average molecular weight is 234 g/mol. The molecule has 0 spiro atoms. The molecule has 4 heteroatoms. The van der Waals surface area contributed by atoms with Crippen molar-refractivity contribution in [1.29, 1.82) is 0 Å². The summed E-state index contributed by atoms with van der Waals surface area (Å²) in [7, 11) is 4.01. The normalized spacial score (nSPS) is 20.7. The van der Waals surface area contributed by atoms with Crippen LogP contribution in [0.15, 0.2) is 18.3 Å². The summed E-state index contributed by atoms with van der Waals surface area (Å²) >= 11 is 0. The number of nitrogens with zero attached hydrogens (tertiary/aromatic N) is 2. The molecule has 4 nitrogen and oxygen atoms in total. The number of nitrogens with one attached hydrogen (secondary N) is 2. The van der Waals surface area contributed by atoms with Crippen molar-refractivity contribution in [1.82, 2.24) is 10.3 Å². The molecule has 0 aromatic carbocycles. The fourth-order valence-electron chi connectivity index (χ4n) is 2.14. The SMILES string of the molecule is CN(C)c1ccc(NC2CCCNCC2)cn1. The van der Waals surface area contributed by atoms with E-state index >= 15 is 0 Å². The summed E-state index contributed by atoms with van der Waals surface area (Å²) in [5, 5.41) is 6.99. The molecule has 1 aliphatic heterocycles. The quantitative estimate of drug-likeness (QED) is 0.835. The lowest BCUT2D eigenvalue weighted by Gasteiger charge is -2.18. The zero-order valence-electron chi connectivity index (χ0n) is 10.7. The first-order chi connectivity index (χ1) is 8.25. The maximum atomic E-state index is 4.41. The van der Waals surface area contributed by atoms with E-state index in [4.69, 9.17) is 0 Å². The summed E-state index contributed by atoms with van der Waals surface area (Å²) in [6, 6.07) is 4.75. The van der Waals surface area contributed by atoms with Crippen molar-refractivity contribution in [2.75, 3.05) is 37.4 Å². The summed E-state index contributed by atoms with van der Waals surface area (Å²) in [5.74, 6) is 0.998. The van der Waals surface area contributed by atoms with Gasteiger partial charge in [-0.2, -0.15) is 0 Å². The van der Waals surface area contributed by atoms with Gasteiger partial charge < -0.3 is 15.5 Å². The Labute approximate surface area is 103 Å². The van der Waals surface area contributed by atoms with Gasteiger partial charge in [0.15, 0.2) is 0 Å². The second-order valence-corrected chi connectivity index (χ2v) is 4.82. The molecule has 0 saturated carbocycles. The number of pyridine rings is 1. The molecular formula is C13H22N4. The Bertz CT molecular complexity index is 326. The second-order valence-electron chi connectivity index (χ2n) is 4.82. The van der Waals surface area contributed by atoms with Crippen LogP contribution in [0.1, 0.15) is 19.3 Å². The van der Waals surface area contributed by atoms with E-state index in [0.29, 0.717) is 6.04 Å². The molecule has 2 rings (SSSR count). The van der Waals surface area contributed by atoms with Gasteiger partial charge in [0, 0.05) is 20.1 Å². The van der Waals surface area contributed by atoms with Crippen LogP contribution >= 0.6 is 0 Å². The topological polar surface area (TPSA) is 40.2 Å². The van der Waals surface area contributed by atoms with Crippen molar-refractivity contribution in [3.8, 4) is 0 Å². The van der Waals surface area contributed by atoms with Crippen LogP contribution in [0.4, 0.5) is 11.5 Å². The number of rotatable bonds is 3. The van der Waals surface area contributed by atoms with Crippen molar-refractivity contribution >= 4 is 11.5 Å². The molecule has 2 N–H and O–H groups in total. The zero-order valence-corrected chi connectivity index (χ0v) is 10.7. The second kappa shape index (κ2) is 5.87. The Morgan fingerprint density at radius 2 is 2.18 bits per heavy atom. The zero-order chi connectivity index (χ0) is 12.1. The first-order valence-electron chi connectivity index (χ1n) is 6.36. The van der Waals surface area contributed by atoms with Crippen molar-refractivity contribution in [3.05, 3.63) is 18.3 Å². The maximum absolute atomic E-state index is 4.41. The Morgan fingerprint density at radius 1 is 1.29 bits per heavy atom. The highest BCUT2D eigenvalue weighted by Crippen LogP contribution is 2.16. The fourth-order valence-corrected chi connectivity index (χ4v) is 2.14. The third kappa shape index (κ3) is 3.60. The van der Waals surface area contributed by atoms with E-state index in [9.17, 15) is 0 Å². The van der Waals surface area contributed by atoms with Crippen molar-refractivity contribution in [2.24, 2.45) is 0 Å². The van der Waals surface area contributed by atoms with Crippen LogP contribution in [-0.2, 0) is 0 Å². The third-order valence-corrected chi connectivity index (χ3v) is 3.15. The van der Waals surface area contributed by atoms with E-state index in [2.05, 4.69) is 27.8 Å². The van der Waals surface area contributed by atoms with E-state index in [0.717, 1.165) is 24.6 Å². The standard InChI is InChI=1S/C13H22N4/c1-17(2)13-6-5-12(10-15-13)16-11-4-3-8-14-9-7-11/h5-6,10-11,14,16H,3-4,7-9H2,1-2H3. The summed E-state index contributed by atoms with van der Waals surface area (Å²) in [4.78, 5) is 6.43. The largest absolute Gasteiger partial charge is 0.381 e. The van der Waals surface area contributed by atoms with Gasteiger partial charge in [0.05, 0.1) is 11.9 Å². The summed E-state index contributed by atoms with van der Waals surface area (Å²) in [6.45, 7) is 2.26. The van der Waals surface area contributed by atoms with Gasteiger partial charge in [-0.1, -0.05) is 0 Å². The van der Waals surface area contributed by atoms with Crippen LogP contribution in [0.5, 0.6) is 0 Å². The average Bonchev–Trinajstić information content (AvgIpc) is 2.58. The molecule has 17 heavy (non-hydrogen) atoms. The van der Waals surface area contributed by atoms with Crippen LogP contribution in [0.3, 0.4) is 0 Å². The van der Waals surface area contributed by atoms with Gasteiger partial charge in [0.25, 0.3) is 0 Å². The van der Waals surface area contributed by atoms with Crippen molar-refractivity contribution < 1.29 is 0 Å². The lowest BCUT2D eigenvalue weighted by molar-refractivity contribution is 0.637. The van der Waals surface area contributed by atoms with Gasteiger partial charge >= 0.3 is 0 Å². The molecule has 1 atom stereocenters. The minimum atomic E-state index is 0.581. The molecule has 0 aliphatic carbocycles. The highest BCUT2D eigenvalue weighted by molar-refractivity contribution is 5.48. The fraction of sp³-hybridized carbons (Fsp3) is 0.615. The van der Waals surface area contributed by atoms with E-state index in [1.165, 1.54) is 19.3 Å². The van der Waals surface area contributed by atoms with Crippen LogP contribution in [0.2, 0.25) is 0 Å².